The molecular weight excluding hydrogens is 463 g/mol. The number of ether oxygens (including phenoxy) is 2. The van der Waals surface area contributed by atoms with Crippen LogP contribution in [0.1, 0.15) is 19.3 Å². The van der Waals surface area contributed by atoms with Gasteiger partial charge < -0.3 is 14.6 Å². The predicted octanol–water partition coefficient (Wildman–Crippen LogP) is 2.37. The van der Waals surface area contributed by atoms with Gasteiger partial charge >= 0.3 is 0 Å². The Balaban J connectivity index is 1.33. The number of aliphatic hydroxyl groups excluding tert-OH is 1. The standard InChI is InChI=1S/C23H27FN4O5S/c1-32-16-6-9-18(10-7-16)34(30,31)26-21-11-8-17(33-23(21)15-29)12-13-28-14-22(25-27-28)19-4-2-3-5-20(19)24/h2-7,9-10,14,17,21,23,26,29H,8,11-13,15H2,1H3/t17-,21-,23-/m0/s1. The van der Waals surface area contributed by atoms with Crippen molar-refractivity contribution in [2.45, 2.75) is 49.0 Å². The van der Waals surface area contributed by atoms with E-state index in [1.807, 2.05) is 0 Å². The predicted molar refractivity (Wildman–Crippen MR) is 122 cm³/mol. The molecule has 1 aliphatic heterocycles. The summed E-state index contributed by atoms with van der Waals surface area (Å²) in [5, 5.41) is 17.9. The minimum Gasteiger partial charge on any atom is -0.497 e. The minimum atomic E-state index is -3.78. The zero-order valence-corrected chi connectivity index (χ0v) is 19.5. The Morgan fingerprint density at radius 3 is 2.68 bits per heavy atom. The highest BCUT2D eigenvalue weighted by Crippen LogP contribution is 2.25. The SMILES string of the molecule is COc1ccc(S(=O)(=O)N[C@H]2CC[C@@H](CCn3cc(-c4ccccc4F)nn3)O[C@H]2CO)cc1. The number of methoxy groups -OCH3 is 1. The minimum absolute atomic E-state index is 0.115. The molecule has 1 aliphatic rings. The van der Waals surface area contributed by atoms with E-state index >= 15 is 0 Å². The van der Waals surface area contributed by atoms with Crippen LogP contribution in [-0.4, -0.2) is 60.5 Å². The molecule has 4 rings (SSSR count). The van der Waals surface area contributed by atoms with Gasteiger partial charge in [0.05, 0.1) is 43.1 Å². The van der Waals surface area contributed by atoms with Gasteiger partial charge in [-0.1, -0.05) is 17.3 Å². The van der Waals surface area contributed by atoms with E-state index in [1.165, 1.54) is 25.3 Å². The molecule has 0 amide bonds. The second-order valence-corrected chi connectivity index (χ2v) is 9.81. The molecule has 34 heavy (non-hydrogen) atoms. The lowest BCUT2D eigenvalue weighted by molar-refractivity contribution is -0.0891. The van der Waals surface area contributed by atoms with Crippen LogP contribution in [0, 0.1) is 5.82 Å². The number of rotatable bonds is 9. The second kappa shape index (κ2) is 10.6. The number of nitrogens with one attached hydrogen (secondary N) is 1. The maximum atomic E-state index is 14.0. The van der Waals surface area contributed by atoms with E-state index < -0.39 is 22.2 Å². The van der Waals surface area contributed by atoms with E-state index in [0.29, 0.717) is 42.8 Å². The number of aryl methyl sites for hydroxylation is 1. The first kappa shape index (κ1) is 24.3. The molecule has 182 valence electrons. The maximum Gasteiger partial charge on any atom is 0.240 e. The zero-order chi connectivity index (χ0) is 24.1. The van der Waals surface area contributed by atoms with Crippen LogP contribution in [0.25, 0.3) is 11.3 Å². The number of aromatic nitrogens is 3. The van der Waals surface area contributed by atoms with Crippen molar-refractivity contribution < 1.29 is 27.4 Å². The molecule has 3 atom stereocenters. The van der Waals surface area contributed by atoms with Crippen LogP contribution in [-0.2, 0) is 21.3 Å². The Morgan fingerprint density at radius 2 is 1.97 bits per heavy atom. The van der Waals surface area contributed by atoms with Crippen LogP contribution in [0.3, 0.4) is 0 Å². The molecule has 0 unspecified atom stereocenters. The van der Waals surface area contributed by atoms with Crippen molar-refractivity contribution in [3.63, 3.8) is 0 Å². The second-order valence-electron chi connectivity index (χ2n) is 8.10. The highest BCUT2D eigenvalue weighted by Gasteiger charge is 2.34. The van der Waals surface area contributed by atoms with Gasteiger partial charge in [-0.15, -0.1) is 5.10 Å². The molecule has 9 nitrogen and oxygen atoms in total. The first-order valence-electron chi connectivity index (χ1n) is 11.0. The molecule has 0 aliphatic carbocycles. The van der Waals surface area contributed by atoms with Gasteiger partial charge in [-0.25, -0.2) is 17.5 Å². The van der Waals surface area contributed by atoms with Crippen molar-refractivity contribution in [1.29, 1.82) is 0 Å². The smallest absolute Gasteiger partial charge is 0.240 e. The zero-order valence-electron chi connectivity index (χ0n) is 18.7. The molecular formula is C23H27FN4O5S. The summed E-state index contributed by atoms with van der Waals surface area (Å²) in [6.45, 7) is 0.180. The number of hydrogen-bond donors (Lipinski definition) is 2. The monoisotopic (exact) mass is 490 g/mol. The Hall–Kier alpha value is -2.86. The Bertz CT molecular complexity index is 1200. The lowest BCUT2D eigenvalue weighted by Crippen LogP contribution is -2.50. The fraction of sp³-hybridized carbons (Fsp3) is 0.391. The third-order valence-corrected chi connectivity index (χ3v) is 7.35. The first-order valence-corrected chi connectivity index (χ1v) is 12.5. The molecule has 2 N–H and O–H groups in total. The van der Waals surface area contributed by atoms with Gasteiger partial charge in [0, 0.05) is 12.1 Å². The quantitative estimate of drug-likeness (QED) is 0.473. The van der Waals surface area contributed by atoms with Gasteiger partial charge in [0.25, 0.3) is 0 Å². The molecule has 1 fully saturated rings. The van der Waals surface area contributed by atoms with Crippen LogP contribution in [0.4, 0.5) is 4.39 Å². The van der Waals surface area contributed by atoms with Crippen molar-refractivity contribution >= 4 is 10.0 Å². The first-order chi connectivity index (χ1) is 16.4. The van der Waals surface area contributed by atoms with E-state index in [4.69, 9.17) is 9.47 Å². The topological polar surface area (TPSA) is 116 Å². The van der Waals surface area contributed by atoms with Crippen LogP contribution < -0.4 is 9.46 Å². The normalized spacial score (nSPS) is 20.9. The van der Waals surface area contributed by atoms with E-state index in [-0.39, 0.29) is 23.4 Å². The Labute approximate surface area is 197 Å². The van der Waals surface area contributed by atoms with Crippen LogP contribution >= 0.6 is 0 Å². The molecule has 0 radical (unpaired) electrons. The average molecular weight is 491 g/mol. The summed E-state index contributed by atoms with van der Waals surface area (Å²) < 4.78 is 54.8. The summed E-state index contributed by atoms with van der Waals surface area (Å²) in [5.41, 5.74) is 0.832. The van der Waals surface area contributed by atoms with Gasteiger partial charge in [0.1, 0.15) is 17.3 Å². The molecule has 0 bridgehead atoms. The molecule has 1 aromatic heterocycles. The third-order valence-electron chi connectivity index (χ3n) is 5.84. The van der Waals surface area contributed by atoms with Crippen LogP contribution in [0.2, 0.25) is 0 Å². The summed E-state index contributed by atoms with van der Waals surface area (Å²) in [5.74, 6) is 0.198. The number of aliphatic hydroxyl groups is 1. The molecule has 0 saturated carbocycles. The molecule has 0 spiro atoms. The van der Waals surface area contributed by atoms with Gasteiger partial charge in [-0.3, -0.25) is 4.68 Å². The van der Waals surface area contributed by atoms with Crippen molar-refractivity contribution in [2.24, 2.45) is 0 Å². The fourth-order valence-corrected chi connectivity index (χ4v) is 5.28. The average Bonchev–Trinajstić information content (AvgIpc) is 3.32. The van der Waals surface area contributed by atoms with E-state index in [1.54, 1.807) is 41.2 Å². The van der Waals surface area contributed by atoms with Crippen molar-refractivity contribution in [3.05, 3.63) is 60.5 Å². The van der Waals surface area contributed by atoms with Crippen molar-refractivity contribution in [3.8, 4) is 17.0 Å². The summed E-state index contributed by atoms with van der Waals surface area (Å²) in [7, 11) is -2.27. The van der Waals surface area contributed by atoms with Gasteiger partial charge in [0.2, 0.25) is 10.0 Å². The molecule has 2 aromatic carbocycles. The Kier molecular flexibility index (Phi) is 7.57. The molecule has 2 heterocycles. The third kappa shape index (κ3) is 5.61. The largest absolute Gasteiger partial charge is 0.497 e. The fourth-order valence-electron chi connectivity index (χ4n) is 3.98. The van der Waals surface area contributed by atoms with E-state index in [0.717, 1.165) is 0 Å². The van der Waals surface area contributed by atoms with E-state index in [2.05, 4.69) is 15.0 Å². The lowest BCUT2D eigenvalue weighted by atomic mass is 9.98. The van der Waals surface area contributed by atoms with Crippen molar-refractivity contribution in [2.75, 3.05) is 13.7 Å². The molecule has 3 aromatic rings. The highest BCUT2D eigenvalue weighted by molar-refractivity contribution is 7.89. The summed E-state index contributed by atoms with van der Waals surface area (Å²) >= 11 is 0. The number of hydrogen-bond acceptors (Lipinski definition) is 7. The van der Waals surface area contributed by atoms with Crippen molar-refractivity contribution in [1.82, 2.24) is 19.7 Å². The summed E-state index contributed by atoms with van der Waals surface area (Å²) in [4.78, 5) is 0.115. The van der Waals surface area contributed by atoms with Crippen LogP contribution in [0.5, 0.6) is 5.75 Å². The molecule has 11 heteroatoms. The van der Waals surface area contributed by atoms with Gasteiger partial charge in [-0.2, -0.15) is 0 Å². The highest BCUT2D eigenvalue weighted by atomic mass is 32.2. The maximum absolute atomic E-state index is 14.0. The molecule has 1 saturated heterocycles. The van der Waals surface area contributed by atoms with Crippen LogP contribution in [0.15, 0.2) is 59.6 Å². The lowest BCUT2D eigenvalue weighted by Gasteiger charge is -2.36. The number of benzene rings is 2. The number of sulfonamides is 1. The van der Waals surface area contributed by atoms with E-state index in [9.17, 15) is 17.9 Å². The van der Waals surface area contributed by atoms with Gasteiger partial charge in [-0.05, 0) is 55.7 Å². The summed E-state index contributed by atoms with van der Waals surface area (Å²) in [6.07, 6.45) is 2.55. The Morgan fingerprint density at radius 1 is 1.21 bits per heavy atom. The van der Waals surface area contributed by atoms with Gasteiger partial charge in [0.15, 0.2) is 0 Å². The number of halogens is 1. The summed E-state index contributed by atoms with van der Waals surface area (Å²) in [6, 6.07) is 11.9. The number of nitrogens with zero attached hydrogens (tertiary/aromatic N) is 3.